The van der Waals surface area contributed by atoms with E-state index in [0.717, 1.165) is 6.07 Å². The summed E-state index contributed by atoms with van der Waals surface area (Å²) >= 11 is 0. The summed E-state index contributed by atoms with van der Waals surface area (Å²) in [5, 5.41) is 8.48. The zero-order valence-electron chi connectivity index (χ0n) is 8.03. The van der Waals surface area contributed by atoms with Crippen LogP contribution in [0.1, 0.15) is 10.4 Å². The summed E-state index contributed by atoms with van der Waals surface area (Å²) in [6, 6.07) is 2.38. The Hall–Kier alpha value is -2.11. The first kappa shape index (κ1) is 10.4. The predicted molar refractivity (Wildman–Crippen MR) is 49.4 cm³/mol. The molecule has 1 aliphatic heterocycles. The number of rotatable bonds is 2. The van der Waals surface area contributed by atoms with Gasteiger partial charge in [0.15, 0.2) is 17.3 Å². The molecule has 1 N–H and O–H groups in total. The first-order valence-corrected chi connectivity index (χ1v) is 4.47. The zero-order valence-corrected chi connectivity index (χ0v) is 8.03. The Morgan fingerprint density at radius 2 is 1.94 bits per heavy atom. The number of hydrogen-bond donors (Lipinski definition) is 1. The Kier molecular flexibility index (Phi) is 2.47. The number of carboxylic acid groups (broad SMARTS) is 1. The lowest BCUT2D eigenvalue weighted by Crippen LogP contribution is -2.19. The molecule has 0 saturated heterocycles. The Bertz CT molecular complexity index is 469. The van der Waals surface area contributed by atoms with Crippen molar-refractivity contribution in [1.29, 1.82) is 0 Å². The molecule has 16 heavy (non-hydrogen) atoms. The standard InChI is InChI=1S/C10H7FO5/c11-7-5(8(12)10(13)14)1-2-6-9(7)16-4-3-15-6/h1-2H,3-4H2,(H,13,14). The first-order chi connectivity index (χ1) is 7.61. The number of aliphatic carboxylic acids is 1. The number of carbonyl (C=O) groups is 2. The molecule has 0 aliphatic carbocycles. The summed E-state index contributed by atoms with van der Waals surface area (Å²) in [7, 11) is 0. The fourth-order valence-corrected chi connectivity index (χ4v) is 1.37. The largest absolute Gasteiger partial charge is 0.486 e. The Morgan fingerprint density at radius 3 is 2.62 bits per heavy atom. The highest BCUT2D eigenvalue weighted by atomic mass is 19.1. The monoisotopic (exact) mass is 226 g/mol. The summed E-state index contributed by atoms with van der Waals surface area (Å²) in [6.45, 7) is 0.452. The number of Topliss-reactive ketones (excluding diaryl/α,β-unsaturated/α-hetero) is 1. The maximum atomic E-state index is 13.7. The molecule has 0 radical (unpaired) electrons. The SMILES string of the molecule is O=C(O)C(=O)c1ccc2c(c1F)OCCO2. The molecule has 1 aromatic rings. The molecule has 2 rings (SSSR count). The molecular formula is C10H7FO5. The third kappa shape index (κ3) is 1.58. The summed E-state index contributed by atoms with van der Waals surface area (Å²) in [5.74, 6) is -4.06. The predicted octanol–water partition coefficient (Wildman–Crippen LogP) is 0.864. The van der Waals surface area contributed by atoms with E-state index in [4.69, 9.17) is 14.6 Å². The van der Waals surface area contributed by atoms with Gasteiger partial charge in [-0.1, -0.05) is 0 Å². The minimum absolute atomic E-state index is 0.161. The van der Waals surface area contributed by atoms with E-state index >= 15 is 0 Å². The van der Waals surface area contributed by atoms with Crippen LogP contribution in [0.2, 0.25) is 0 Å². The zero-order chi connectivity index (χ0) is 11.7. The van der Waals surface area contributed by atoms with Crippen molar-refractivity contribution in [3.63, 3.8) is 0 Å². The van der Waals surface area contributed by atoms with Crippen LogP contribution in [0, 0.1) is 5.82 Å². The molecule has 0 spiro atoms. The molecule has 0 bridgehead atoms. The average molecular weight is 226 g/mol. The van der Waals surface area contributed by atoms with Crippen LogP contribution in [-0.2, 0) is 4.79 Å². The molecule has 0 aromatic heterocycles. The van der Waals surface area contributed by atoms with Crippen LogP contribution in [0.5, 0.6) is 11.5 Å². The minimum atomic E-state index is -1.71. The van der Waals surface area contributed by atoms with Crippen molar-refractivity contribution in [2.75, 3.05) is 13.2 Å². The number of benzene rings is 1. The van der Waals surface area contributed by atoms with Crippen LogP contribution in [-0.4, -0.2) is 30.1 Å². The topological polar surface area (TPSA) is 72.8 Å². The molecular weight excluding hydrogens is 219 g/mol. The molecule has 0 fully saturated rings. The van der Waals surface area contributed by atoms with Crippen molar-refractivity contribution in [2.24, 2.45) is 0 Å². The molecule has 0 saturated carbocycles. The molecule has 5 nitrogen and oxygen atoms in total. The van der Waals surface area contributed by atoms with Gasteiger partial charge in [-0.15, -0.1) is 0 Å². The highest BCUT2D eigenvalue weighted by Crippen LogP contribution is 2.34. The molecule has 1 heterocycles. The van der Waals surface area contributed by atoms with Crippen molar-refractivity contribution in [3.05, 3.63) is 23.5 Å². The van der Waals surface area contributed by atoms with Gasteiger partial charge in [-0.3, -0.25) is 4.79 Å². The number of ketones is 1. The molecule has 0 atom stereocenters. The van der Waals surface area contributed by atoms with Crippen molar-refractivity contribution in [3.8, 4) is 11.5 Å². The number of ether oxygens (including phenoxy) is 2. The molecule has 6 heteroatoms. The molecule has 1 aromatic carbocycles. The lowest BCUT2D eigenvalue weighted by molar-refractivity contribution is -0.131. The molecule has 84 valence electrons. The third-order valence-corrected chi connectivity index (χ3v) is 2.09. The third-order valence-electron chi connectivity index (χ3n) is 2.09. The Labute approximate surface area is 89.4 Å². The molecule has 0 unspecified atom stereocenters. The number of carbonyl (C=O) groups excluding carboxylic acids is 1. The van der Waals surface area contributed by atoms with Crippen LogP contribution in [0.15, 0.2) is 12.1 Å². The van der Waals surface area contributed by atoms with Crippen LogP contribution in [0.4, 0.5) is 4.39 Å². The summed E-state index contributed by atoms with van der Waals surface area (Å²) in [6.07, 6.45) is 0. The van der Waals surface area contributed by atoms with Crippen molar-refractivity contribution < 1.29 is 28.6 Å². The summed E-state index contributed by atoms with van der Waals surface area (Å²) < 4.78 is 23.7. The fraction of sp³-hybridized carbons (Fsp3) is 0.200. The second-order valence-corrected chi connectivity index (χ2v) is 3.09. The Balaban J connectivity index is 2.49. The second-order valence-electron chi connectivity index (χ2n) is 3.09. The lowest BCUT2D eigenvalue weighted by atomic mass is 10.1. The highest BCUT2D eigenvalue weighted by molar-refractivity contribution is 6.40. The summed E-state index contributed by atoms with van der Waals surface area (Å²) in [4.78, 5) is 21.5. The van der Waals surface area contributed by atoms with Gasteiger partial charge in [0.25, 0.3) is 5.78 Å². The van der Waals surface area contributed by atoms with Gasteiger partial charge >= 0.3 is 5.97 Å². The van der Waals surface area contributed by atoms with E-state index in [1.165, 1.54) is 6.07 Å². The smallest absolute Gasteiger partial charge is 0.377 e. The Morgan fingerprint density at radius 1 is 1.25 bits per heavy atom. The van der Waals surface area contributed by atoms with E-state index in [-0.39, 0.29) is 18.1 Å². The maximum absolute atomic E-state index is 13.7. The number of carboxylic acids is 1. The van der Waals surface area contributed by atoms with Crippen LogP contribution >= 0.6 is 0 Å². The normalized spacial score (nSPS) is 13.3. The number of hydrogen-bond acceptors (Lipinski definition) is 4. The van der Waals surface area contributed by atoms with Crippen LogP contribution in [0.25, 0.3) is 0 Å². The van der Waals surface area contributed by atoms with Gasteiger partial charge < -0.3 is 14.6 Å². The van der Waals surface area contributed by atoms with E-state index in [0.29, 0.717) is 6.61 Å². The van der Waals surface area contributed by atoms with Gasteiger partial charge in [0.1, 0.15) is 13.2 Å². The van der Waals surface area contributed by atoms with Gasteiger partial charge in [-0.05, 0) is 12.1 Å². The van der Waals surface area contributed by atoms with E-state index in [2.05, 4.69) is 0 Å². The van der Waals surface area contributed by atoms with Crippen molar-refractivity contribution in [1.82, 2.24) is 0 Å². The van der Waals surface area contributed by atoms with Gasteiger partial charge in [-0.25, -0.2) is 9.18 Å². The number of fused-ring (bicyclic) bond motifs is 1. The van der Waals surface area contributed by atoms with Crippen molar-refractivity contribution >= 4 is 11.8 Å². The van der Waals surface area contributed by atoms with Crippen LogP contribution in [0.3, 0.4) is 0 Å². The average Bonchev–Trinajstić information content (AvgIpc) is 2.29. The molecule has 1 aliphatic rings. The second kappa shape index (κ2) is 3.80. The van der Waals surface area contributed by atoms with Gasteiger partial charge in [0.2, 0.25) is 0 Å². The quantitative estimate of drug-likeness (QED) is 0.598. The van der Waals surface area contributed by atoms with Crippen molar-refractivity contribution in [2.45, 2.75) is 0 Å². The summed E-state index contributed by atoms with van der Waals surface area (Å²) in [5.41, 5.74) is -0.531. The first-order valence-electron chi connectivity index (χ1n) is 4.47. The number of halogens is 1. The fourth-order valence-electron chi connectivity index (χ4n) is 1.37. The van der Waals surface area contributed by atoms with Gasteiger partial charge in [0.05, 0.1) is 5.56 Å². The van der Waals surface area contributed by atoms with Gasteiger partial charge in [0, 0.05) is 0 Å². The van der Waals surface area contributed by atoms with E-state index in [9.17, 15) is 14.0 Å². The van der Waals surface area contributed by atoms with E-state index < -0.39 is 23.1 Å². The van der Waals surface area contributed by atoms with Gasteiger partial charge in [-0.2, -0.15) is 0 Å². The maximum Gasteiger partial charge on any atom is 0.377 e. The molecule has 0 amide bonds. The van der Waals surface area contributed by atoms with E-state index in [1.807, 2.05) is 0 Å². The van der Waals surface area contributed by atoms with Crippen LogP contribution < -0.4 is 9.47 Å². The minimum Gasteiger partial charge on any atom is -0.486 e. The highest BCUT2D eigenvalue weighted by Gasteiger charge is 2.25. The van der Waals surface area contributed by atoms with E-state index in [1.54, 1.807) is 0 Å². The lowest BCUT2D eigenvalue weighted by Gasteiger charge is -2.19.